The fourth-order valence-electron chi connectivity index (χ4n) is 1.64. The molecule has 2 aromatic rings. The van der Waals surface area contributed by atoms with Crippen LogP contribution in [0.3, 0.4) is 0 Å². The minimum atomic E-state index is 1.15. The average Bonchev–Trinajstić information content (AvgIpc) is 2.23. The Kier molecular flexibility index (Phi) is 2.19. The SMILES string of the molecule is C[n+]1ccc(/C=C/N)c2ccccc21. The predicted octanol–water partition coefficient (Wildman–Crippen LogP) is 1.59. The fourth-order valence-corrected chi connectivity index (χ4v) is 1.64. The molecular weight excluding hydrogens is 172 g/mol. The third-order valence-corrected chi connectivity index (χ3v) is 2.35. The van der Waals surface area contributed by atoms with E-state index in [1.165, 1.54) is 10.9 Å². The van der Waals surface area contributed by atoms with Crippen molar-refractivity contribution in [3.05, 3.63) is 48.3 Å². The van der Waals surface area contributed by atoms with Gasteiger partial charge in [-0.15, -0.1) is 0 Å². The molecule has 0 saturated carbocycles. The van der Waals surface area contributed by atoms with Gasteiger partial charge in [-0.2, -0.15) is 0 Å². The maximum Gasteiger partial charge on any atom is 0.212 e. The zero-order valence-electron chi connectivity index (χ0n) is 8.14. The summed E-state index contributed by atoms with van der Waals surface area (Å²) < 4.78 is 2.10. The molecule has 1 aromatic carbocycles. The molecule has 0 aliphatic rings. The van der Waals surface area contributed by atoms with Crippen molar-refractivity contribution in [3.63, 3.8) is 0 Å². The van der Waals surface area contributed by atoms with E-state index in [1.54, 1.807) is 6.20 Å². The molecule has 1 aromatic heterocycles. The molecule has 0 atom stereocenters. The molecule has 2 rings (SSSR count). The highest BCUT2D eigenvalue weighted by Gasteiger charge is 2.05. The number of pyridine rings is 1. The number of fused-ring (bicyclic) bond motifs is 1. The normalized spacial score (nSPS) is 11.2. The Morgan fingerprint density at radius 1 is 1.21 bits per heavy atom. The highest BCUT2D eigenvalue weighted by molar-refractivity contribution is 5.85. The molecular formula is C12H13N2+. The van der Waals surface area contributed by atoms with Gasteiger partial charge in [0.25, 0.3) is 0 Å². The lowest BCUT2D eigenvalue weighted by Gasteiger charge is -1.99. The molecule has 0 bridgehead atoms. The van der Waals surface area contributed by atoms with Crippen molar-refractivity contribution in [2.24, 2.45) is 12.8 Å². The van der Waals surface area contributed by atoms with Gasteiger partial charge in [0.2, 0.25) is 5.52 Å². The largest absolute Gasteiger partial charge is 0.405 e. The Bertz CT molecular complexity index is 487. The van der Waals surface area contributed by atoms with Crippen LogP contribution in [0.25, 0.3) is 17.0 Å². The summed E-state index contributed by atoms with van der Waals surface area (Å²) in [7, 11) is 2.04. The molecule has 0 unspecified atom stereocenters. The van der Waals surface area contributed by atoms with Gasteiger partial charge >= 0.3 is 0 Å². The average molecular weight is 185 g/mol. The van der Waals surface area contributed by atoms with Gasteiger partial charge in [-0.1, -0.05) is 12.1 Å². The molecule has 70 valence electrons. The first-order valence-electron chi connectivity index (χ1n) is 4.58. The van der Waals surface area contributed by atoms with Gasteiger partial charge in [0.15, 0.2) is 6.20 Å². The van der Waals surface area contributed by atoms with Crippen LogP contribution in [0.1, 0.15) is 5.56 Å². The Morgan fingerprint density at radius 3 is 2.79 bits per heavy atom. The number of aryl methyl sites for hydroxylation is 1. The van der Waals surface area contributed by atoms with Crippen LogP contribution < -0.4 is 10.3 Å². The molecule has 1 heterocycles. The minimum Gasteiger partial charge on any atom is -0.405 e. The summed E-state index contributed by atoms with van der Waals surface area (Å²) in [6, 6.07) is 10.3. The van der Waals surface area contributed by atoms with E-state index in [0.717, 1.165) is 5.56 Å². The van der Waals surface area contributed by atoms with Crippen LogP contribution in [0.4, 0.5) is 0 Å². The monoisotopic (exact) mass is 185 g/mol. The number of aromatic nitrogens is 1. The Morgan fingerprint density at radius 2 is 2.00 bits per heavy atom. The van der Waals surface area contributed by atoms with E-state index in [0.29, 0.717) is 0 Å². The van der Waals surface area contributed by atoms with E-state index >= 15 is 0 Å². The third-order valence-electron chi connectivity index (χ3n) is 2.35. The van der Waals surface area contributed by atoms with Gasteiger partial charge in [0, 0.05) is 12.1 Å². The Balaban J connectivity index is 2.81. The number of hydrogen-bond donors (Lipinski definition) is 1. The summed E-state index contributed by atoms with van der Waals surface area (Å²) in [6.07, 6.45) is 5.53. The van der Waals surface area contributed by atoms with Crippen LogP contribution in [0.15, 0.2) is 42.7 Å². The zero-order valence-corrected chi connectivity index (χ0v) is 8.14. The van der Waals surface area contributed by atoms with Crippen LogP contribution in [0.5, 0.6) is 0 Å². The second-order valence-corrected chi connectivity index (χ2v) is 3.26. The summed E-state index contributed by atoms with van der Waals surface area (Å²) >= 11 is 0. The quantitative estimate of drug-likeness (QED) is 0.672. The summed E-state index contributed by atoms with van der Waals surface area (Å²) in [5, 5.41) is 1.22. The van der Waals surface area contributed by atoms with Gasteiger partial charge in [0.1, 0.15) is 7.05 Å². The standard InChI is InChI=1S/C12H12N2/c1-14-9-7-10(6-8-13)11-4-2-3-5-12(11)14/h2-9,13H,1H3/p+1. The molecule has 0 amide bonds. The van der Waals surface area contributed by atoms with Crippen molar-refractivity contribution in [1.82, 2.24) is 0 Å². The highest BCUT2D eigenvalue weighted by atomic mass is 14.9. The van der Waals surface area contributed by atoms with Gasteiger partial charge in [-0.3, -0.25) is 0 Å². The molecule has 0 radical (unpaired) electrons. The van der Waals surface area contributed by atoms with Gasteiger partial charge in [-0.05, 0) is 23.9 Å². The maximum atomic E-state index is 5.40. The number of para-hydroxylation sites is 1. The molecule has 0 fully saturated rings. The van der Waals surface area contributed by atoms with Crippen molar-refractivity contribution in [2.45, 2.75) is 0 Å². The second-order valence-electron chi connectivity index (χ2n) is 3.26. The summed E-state index contributed by atoms with van der Waals surface area (Å²) in [4.78, 5) is 0. The van der Waals surface area contributed by atoms with E-state index < -0.39 is 0 Å². The molecule has 2 heteroatoms. The zero-order chi connectivity index (χ0) is 9.97. The van der Waals surface area contributed by atoms with Crippen molar-refractivity contribution < 1.29 is 4.57 Å². The lowest BCUT2D eigenvalue weighted by atomic mass is 10.1. The van der Waals surface area contributed by atoms with E-state index in [4.69, 9.17) is 5.73 Å². The van der Waals surface area contributed by atoms with Crippen LogP contribution in [0, 0.1) is 0 Å². The van der Waals surface area contributed by atoms with Crippen molar-refractivity contribution >= 4 is 17.0 Å². The van der Waals surface area contributed by atoms with Crippen molar-refractivity contribution in [1.29, 1.82) is 0 Å². The lowest BCUT2D eigenvalue weighted by molar-refractivity contribution is -0.644. The molecule has 0 saturated heterocycles. The van der Waals surface area contributed by atoms with E-state index in [-0.39, 0.29) is 0 Å². The molecule has 0 spiro atoms. The first-order chi connectivity index (χ1) is 6.83. The van der Waals surface area contributed by atoms with Crippen LogP contribution in [-0.4, -0.2) is 0 Å². The number of nitrogens with two attached hydrogens (primary N) is 1. The minimum absolute atomic E-state index is 1.15. The Labute approximate surface area is 83.3 Å². The fraction of sp³-hybridized carbons (Fsp3) is 0.0833. The molecule has 2 N–H and O–H groups in total. The maximum absolute atomic E-state index is 5.40. The number of rotatable bonds is 1. The van der Waals surface area contributed by atoms with E-state index in [2.05, 4.69) is 22.8 Å². The predicted molar refractivity (Wildman–Crippen MR) is 58.3 cm³/mol. The summed E-state index contributed by atoms with van der Waals surface area (Å²) in [5.41, 5.74) is 7.77. The van der Waals surface area contributed by atoms with Crippen molar-refractivity contribution in [3.8, 4) is 0 Å². The highest BCUT2D eigenvalue weighted by Crippen LogP contribution is 2.15. The first kappa shape index (κ1) is 8.75. The topological polar surface area (TPSA) is 29.9 Å². The van der Waals surface area contributed by atoms with Gasteiger partial charge in [0.05, 0.1) is 5.39 Å². The molecule has 0 aliphatic carbocycles. The third kappa shape index (κ3) is 1.35. The summed E-state index contributed by atoms with van der Waals surface area (Å²) in [6.45, 7) is 0. The lowest BCUT2D eigenvalue weighted by Crippen LogP contribution is -2.28. The van der Waals surface area contributed by atoms with Crippen LogP contribution in [0.2, 0.25) is 0 Å². The van der Waals surface area contributed by atoms with Crippen LogP contribution >= 0.6 is 0 Å². The Hall–Kier alpha value is -1.83. The molecule has 2 nitrogen and oxygen atoms in total. The van der Waals surface area contributed by atoms with E-state index in [9.17, 15) is 0 Å². The van der Waals surface area contributed by atoms with Gasteiger partial charge < -0.3 is 5.73 Å². The van der Waals surface area contributed by atoms with Crippen LogP contribution in [-0.2, 0) is 7.05 Å². The smallest absolute Gasteiger partial charge is 0.212 e. The number of hydrogen-bond acceptors (Lipinski definition) is 1. The van der Waals surface area contributed by atoms with Crippen molar-refractivity contribution in [2.75, 3.05) is 0 Å². The number of benzene rings is 1. The molecule has 0 aliphatic heterocycles. The summed E-state index contributed by atoms with van der Waals surface area (Å²) in [5.74, 6) is 0. The number of nitrogens with zero attached hydrogens (tertiary/aromatic N) is 1. The van der Waals surface area contributed by atoms with E-state index in [1.807, 2.05) is 31.5 Å². The second kappa shape index (κ2) is 3.50. The van der Waals surface area contributed by atoms with Gasteiger partial charge in [-0.25, -0.2) is 4.57 Å². The first-order valence-corrected chi connectivity index (χ1v) is 4.58. The molecule has 14 heavy (non-hydrogen) atoms.